The second-order valence-electron chi connectivity index (χ2n) is 17.0. The first kappa shape index (κ1) is 42.5. The van der Waals surface area contributed by atoms with Crippen molar-refractivity contribution in [3.05, 3.63) is 223 Å². The molecule has 0 fully saturated rings. The van der Waals surface area contributed by atoms with Gasteiger partial charge in [0.25, 0.3) is 0 Å². The van der Waals surface area contributed by atoms with E-state index >= 15 is 0 Å². The topological polar surface area (TPSA) is 48.5 Å². The van der Waals surface area contributed by atoms with Gasteiger partial charge in [0.2, 0.25) is 0 Å². The number of halogens is 6. The minimum Gasteiger partial charge on any atom is -0.308 e. The van der Waals surface area contributed by atoms with Gasteiger partial charge in [-0.1, -0.05) is 152 Å². The molecule has 0 aliphatic rings. The first-order valence-corrected chi connectivity index (χ1v) is 22.4. The highest BCUT2D eigenvalue weighted by atomic mass is 19.4. The van der Waals surface area contributed by atoms with Crippen LogP contribution in [0.2, 0.25) is 0 Å². The van der Waals surface area contributed by atoms with Gasteiger partial charge in [-0.2, -0.15) is 26.3 Å². The molecule has 3 heterocycles. The number of aromatic nitrogens is 5. The third-order valence-corrected chi connectivity index (χ3v) is 12.8. The van der Waals surface area contributed by atoms with E-state index in [1.807, 2.05) is 155 Å². The molecule has 0 spiro atoms. The minimum absolute atomic E-state index is 0.0127. The van der Waals surface area contributed by atoms with Crippen molar-refractivity contribution in [2.45, 2.75) is 12.4 Å². The Morgan fingerprint density at radius 2 is 0.643 bits per heavy atom. The van der Waals surface area contributed by atoms with Gasteiger partial charge in [0.15, 0.2) is 17.5 Å². The van der Waals surface area contributed by atoms with E-state index in [0.717, 1.165) is 68.1 Å². The van der Waals surface area contributed by atoms with Gasteiger partial charge in [0.1, 0.15) is 0 Å². The molecule has 0 aliphatic carbocycles. The second-order valence-corrected chi connectivity index (χ2v) is 17.0. The van der Waals surface area contributed by atoms with Crippen LogP contribution in [0.3, 0.4) is 0 Å². The Kier molecular flexibility index (Phi) is 9.99. The van der Waals surface area contributed by atoms with Crippen molar-refractivity contribution < 1.29 is 26.3 Å². The normalized spacial score (nSPS) is 12.1. The Morgan fingerprint density at radius 1 is 0.286 bits per heavy atom. The summed E-state index contributed by atoms with van der Waals surface area (Å²) in [4.78, 5) is 14.7. The lowest BCUT2D eigenvalue weighted by Crippen LogP contribution is -2.10. The molecule has 0 amide bonds. The lowest BCUT2D eigenvalue weighted by atomic mass is 10.0. The molecule has 0 N–H and O–H groups in total. The van der Waals surface area contributed by atoms with Crippen molar-refractivity contribution in [1.82, 2.24) is 24.1 Å². The third kappa shape index (κ3) is 7.34. The summed E-state index contributed by atoms with van der Waals surface area (Å²) >= 11 is 0. The van der Waals surface area contributed by atoms with Gasteiger partial charge in [0, 0.05) is 38.2 Å². The van der Waals surface area contributed by atoms with Crippen molar-refractivity contribution in [2.75, 3.05) is 0 Å². The van der Waals surface area contributed by atoms with Crippen LogP contribution in [0, 0.1) is 0 Å². The SMILES string of the molecule is FC(F)(F)c1ccc(-n2c3ccccc3c3ccc(-c4ccccc4)cc32)c(-c2nc(-c3ccccc3)nc(-c3cc(C(F)(F)F)ccc3-n3c4ccccc4c4ccc(-c5ccccc5)cc43)n2)c1. The summed E-state index contributed by atoms with van der Waals surface area (Å²) in [6, 6.07) is 62.5. The van der Waals surface area contributed by atoms with Crippen molar-refractivity contribution in [3.8, 4) is 67.8 Å². The van der Waals surface area contributed by atoms with Crippen molar-refractivity contribution in [1.29, 1.82) is 0 Å². The fourth-order valence-corrected chi connectivity index (χ4v) is 9.59. The Labute approximate surface area is 396 Å². The maximum Gasteiger partial charge on any atom is 0.416 e. The first-order valence-electron chi connectivity index (χ1n) is 22.4. The lowest BCUT2D eigenvalue weighted by molar-refractivity contribution is -0.138. The van der Waals surface area contributed by atoms with Crippen LogP contribution < -0.4 is 0 Å². The predicted molar refractivity (Wildman–Crippen MR) is 266 cm³/mol. The minimum atomic E-state index is -4.78. The van der Waals surface area contributed by atoms with Gasteiger partial charge in [-0.25, -0.2) is 15.0 Å². The molecular formula is C59H35F6N5. The zero-order valence-electron chi connectivity index (χ0n) is 36.7. The number of para-hydroxylation sites is 2. The highest BCUT2D eigenvalue weighted by molar-refractivity contribution is 6.12. The monoisotopic (exact) mass is 927 g/mol. The van der Waals surface area contributed by atoms with Crippen LogP contribution in [0.5, 0.6) is 0 Å². The zero-order valence-corrected chi connectivity index (χ0v) is 36.7. The van der Waals surface area contributed by atoms with Crippen molar-refractivity contribution >= 4 is 43.6 Å². The van der Waals surface area contributed by atoms with E-state index in [1.54, 1.807) is 30.3 Å². The molecule has 0 radical (unpaired) electrons. The van der Waals surface area contributed by atoms with Crippen LogP contribution in [0.1, 0.15) is 11.1 Å². The molecule has 11 heteroatoms. The number of fused-ring (bicyclic) bond motifs is 6. The first-order chi connectivity index (χ1) is 34.0. The lowest BCUT2D eigenvalue weighted by Gasteiger charge is -2.19. The van der Waals surface area contributed by atoms with Crippen LogP contribution in [0.15, 0.2) is 212 Å². The molecule has 5 nitrogen and oxygen atoms in total. The van der Waals surface area contributed by atoms with E-state index in [4.69, 9.17) is 15.0 Å². The molecule has 12 rings (SSSR count). The summed E-state index contributed by atoms with van der Waals surface area (Å²) in [5.74, 6) is -0.298. The smallest absolute Gasteiger partial charge is 0.308 e. The van der Waals surface area contributed by atoms with Crippen LogP contribution in [0.4, 0.5) is 26.3 Å². The van der Waals surface area contributed by atoms with Crippen LogP contribution in [-0.4, -0.2) is 24.1 Å². The highest BCUT2D eigenvalue weighted by Gasteiger charge is 2.34. The molecule has 0 saturated carbocycles. The van der Waals surface area contributed by atoms with Crippen molar-refractivity contribution in [2.24, 2.45) is 0 Å². The Balaban J connectivity index is 1.17. The largest absolute Gasteiger partial charge is 0.416 e. The van der Waals surface area contributed by atoms with Gasteiger partial charge < -0.3 is 9.13 Å². The van der Waals surface area contributed by atoms with E-state index in [9.17, 15) is 26.3 Å². The van der Waals surface area contributed by atoms with Gasteiger partial charge in [-0.15, -0.1) is 0 Å². The molecule has 0 aliphatic heterocycles. The number of alkyl halides is 6. The van der Waals surface area contributed by atoms with E-state index in [0.29, 0.717) is 39.0 Å². The van der Waals surface area contributed by atoms with E-state index in [2.05, 4.69) is 0 Å². The van der Waals surface area contributed by atoms with Crippen LogP contribution in [0.25, 0.3) is 111 Å². The predicted octanol–water partition coefficient (Wildman–Crippen LogP) is 16.4. The maximum atomic E-state index is 15.0. The number of benzene rings is 9. The number of hydrogen-bond acceptors (Lipinski definition) is 3. The van der Waals surface area contributed by atoms with Gasteiger partial charge >= 0.3 is 12.4 Å². The summed E-state index contributed by atoms with van der Waals surface area (Å²) in [5, 5.41) is 3.44. The molecule has 12 aromatic rings. The van der Waals surface area contributed by atoms with Gasteiger partial charge in [-0.3, -0.25) is 0 Å². The summed E-state index contributed by atoms with van der Waals surface area (Å²) in [5.41, 5.74) is 5.68. The van der Waals surface area contributed by atoms with Gasteiger partial charge in [-0.05, 0) is 82.9 Å². The zero-order chi connectivity index (χ0) is 47.7. The summed E-state index contributed by atoms with van der Waals surface area (Å²) < 4.78 is 93.7. The molecule has 338 valence electrons. The highest BCUT2D eigenvalue weighted by Crippen LogP contribution is 2.43. The molecule has 70 heavy (non-hydrogen) atoms. The Morgan fingerprint density at radius 3 is 1.06 bits per heavy atom. The van der Waals surface area contributed by atoms with E-state index in [1.165, 1.54) is 12.1 Å². The van der Waals surface area contributed by atoms with E-state index < -0.39 is 23.5 Å². The van der Waals surface area contributed by atoms with E-state index in [-0.39, 0.29) is 28.6 Å². The summed E-state index contributed by atoms with van der Waals surface area (Å²) in [6.07, 6.45) is -9.56. The quantitative estimate of drug-likeness (QED) is 0.150. The average Bonchev–Trinajstić information content (AvgIpc) is 3.90. The maximum absolute atomic E-state index is 15.0. The number of rotatable bonds is 7. The number of nitrogens with zero attached hydrogens (tertiary/aromatic N) is 5. The molecule has 9 aromatic carbocycles. The summed E-state index contributed by atoms with van der Waals surface area (Å²) in [7, 11) is 0. The van der Waals surface area contributed by atoms with Gasteiger partial charge in [0.05, 0.1) is 44.6 Å². The molecule has 0 unspecified atom stereocenters. The van der Waals surface area contributed by atoms with Crippen LogP contribution >= 0.6 is 0 Å². The molecule has 0 atom stereocenters. The molecule has 0 bridgehead atoms. The fraction of sp³-hybridized carbons (Fsp3) is 0.0339. The number of hydrogen-bond donors (Lipinski definition) is 0. The molecular weight excluding hydrogens is 893 g/mol. The molecule has 0 saturated heterocycles. The Hall–Kier alpha value is -8.83. The summed E-state index contributed by atoms with van der Waals surface area (Å²) in [6.45, 7) is 0. The fourth-order valence-electron chi connectivity index (χ4n) is 9.59. The standard InChI is InChI=1S/C59H35F6N5/c60-58(61,62)41-26-30-51(69-49-22-12-10-20-43(49)45-28-24-39(32-53(45)69)36-14-4-1-5-15-36)47(34-41)56-66-55(38-18-8-3-9-19-38)67-57(68-56)48-35-42(59(63,64)65)27-31-52(48)70-50-23-13-11-21-44(50)46-29-25-40(33-54(46)70)37-16-6-2-7-17-37/h1-35H. The van der Waals surface area contributed by atoms with Crippen molar-refractivity contribution in [3.63, 3.8) is 0 Å². The average molecular weight is 928 g/mol. The second kappa shape index (κ2) is 16.4. The third-order valence-electron chi connectivity index (χ3n) is 12.8. The molecule has 3 aromatic heterocycles. The Bertz CT molecular complexity index is 3730. The van der Waals surface area contributed by atoms with Crippen LogP contribution in [-0.2, 0) is 12.4 Å².